The van der Waals surface area contributed by atoms with E-state index in [1.807, 2.05) is 61.5 Å². The quantitative estimate of drug-likeness (QED) is 0.535. The highest BCUT2D eigenvalue weighted by atomic mass is 35.5. The van der Waals surface area contributed by atoms with Crippen molar-refractivity contribution in [3.05, 3.63) is 76.8 Å². The van der Waals surface area contributed by atoms with Gasteiger partial charge < -0.3 is 4.98 Å². The number of H-pyrrole nitrogens is 1. The van der Waals surface area contributed by atoms with Crippen LogP contribution in [0.3, 0.4) is 0 Å². The highest BCUT2D eigenvalue weighted by molar-refractivity contribution is 6.31. The molecule has 0 spiro atoms. The fraction of sp³-hybridized carbons (Fsp3) is 0.0500. The molecule has 0 aliphatic heterocycles. The number of allylic oxidation sites excluding steroid dienone is 1. The maximum atomic E-state index is 9.62. The van der Waals surface area contributed by atoms with Gasteiger partial charge in [-0.25, -0.2) is 9.67 Å². The first-order valence-electron chi connectivity index (χ1n) is 8.05. The van der Waals surface area contributed by atoms with Gasteiger partial charge >= 0.3 is 0 Å². The summed E-state index contributed by atoms with van der Waals surface area (Å²) in [4.78, 5) is 7.66. The van der Waals surface area contributed by atoms with Gasteiger partial charge in [-0.1, -0.05) is 41.9 Å². The number of nitriles is 1. The van der Waals surface area contributed by atoms with E-state index in [1.165, 1.54) is 0 Å². The number of aryl methyl sites for hydroxylation is 1. The number of aromatic amines is 1. The van der Waals surface area contributed by atoms with Crippen molar-refractivity contribution in [1.82, 2.24) is 19.7 Å². The van der Waals surface area contributed by atoms with E-state index in [0.717, 1.165) is 22.4 Å². The van der Waals surface area contributed by atoms with Crippen molar-refractivity contribution >= 4 is 34.3 Å². The zero-order valence-corrected chi connectivity index (χ0v) is 14.7. The van der Waals surface area contributed by atoms with Crippen molar-refractivity contribution < 1.29 is 0 Å². The first-order valence-corrected chi connectivity index (χ1v) is 8.42. The van der Waals surface area contributed by atoms with Gasteiger partial charge in [-0.3, -0.25) is 0 Å². The molecular formula is C20H14ClN5. The number of nitrogens with zero attached hydrogens (tertiary/aromatic N) is 4. The van der Waals surface area contributed by atoms with E-state index in [2.05, 4.69) is 21.1 Å². The van der Waals surface area contributed by atoms with Gasteiger partial charge in [-0.2, -0.15) is 10.4 Å². The summed E-state index contributed by atoms with van der Waals surface area (Å²) in [6.45, 7) is 1.87. The Balaban J connectivity index is 1.82. The Kier molecular flexibility index (Phi) is 4.04. The Morgan fingerprint density at radius 2 is 1.88 bits per heavy atom. The smallest absolute Gasteiger partial charge is 0.149 e. The van der Waals surface area contributed by atoms with Crippen LogP contribution in [-0.2, 0) is 0 Å². The largest absolute Gasteiger partial charge is 0.337 e. The number of imidazole rings is 1. The molecule has 26 heavy (non-hydrogen) atoms. The third-order valence-corrected chi connectivity index (χ3v) is 4.47. The molecule has 0 amide bonds. The second-order valence-corrected chi connectivity index (χ2v) is 6.17. The first kappa shape index (κ1) is 16.1. The van der Waals surface area contributed by atoms with Crippen LogP contribution in [0.25, 0.3) is 28.4 Å². The van der Waals surface area contributed by atoms with Crippen molar-refractivity contribution in [2.45, 2.75) is 6.92 Å². The van der Waals surface area contributed by atoms with Crippen LogP contribution in [0.2, 0.25) is 5.15 Å². The molecule has 1 N–H and O–H groups in total. The van der Waals surface area contributed by atoms with Crippen LogP contribution in [0.15, 0.2) is 54.6 Å². The number of nitrogens with one attached hydrogen (secondary N) is 1. The van der Waals surface area contributed by atoms with Crippen molar-refractivity contribution in [2.75, 3.05) is 0 Å². The third kappa shape index (κ3) is 2.77. The molecule has 0 atom stereocenters. The Hall–Kier alpha value is -3.36. The van der Waals surface area contributed by atoms with Crippen LogP contribution in [0.4, 0.5) is 0 Å². The molecule has 0 aliphatic carbocycles. The van der Waals surface area contributed by atoms with Gasteiger partial charge in [0.1, 0.15) is 17.0 Å². The van der Waals surface area contributed by atoms with Crippen LogP contribution >= 0.6 is 11.6 Å². The van der Waals surface area contributed by atoms with Gasteiger partial charge in [0.2, 0.25) is 0 Å². The lowest BCUT2D eigenvalue weighted by atomic mass is 10.1. The van der Waals surface area contributed by atoms with E-state index < -0.39 is 0 Å². The van der Waals surface area contributed by atoms with Gasteiger partial charge in [0.05, 0.1) is 28.0 Å². The highest BCUT2D eigenvalue weighted by Crippen LogP contribution is 2.27. The molecule has 0 bridgehead atoms. The summed E-state index contributed by atoms with van der Waals surface area (Å²) in [7, 11) is 0. The highest BCUT2D eigenvalue weighted by Gasteiger charge is 2.15. The van der Waals surface area contributed by atoms with Gasteiger partial charge in [0.15, 0.2) is 0 Å². The second-order valence-electron chi connectivity index (χ2n) is 5.81. The summed E-state index contributed by atoms with van der Waals surface area (Å²) in [5, 5.41) is 14.6. The molecule has 0 unspecified atom stereocenters. The fourth-order valence-electron chi connectivity index (χ4n) is 2.79. The molecule has 2 aromatic carbocycles. The normalized spacial score (nSPS) is 11.7. The van der Waals surface area contributed by atoms with Gasteiger partial charge in [0.25, 0.3) is 0 Å². The van der Waals surface area contributed by atoms with E-state index in [9.17, 15) is 5.26 Å². The number of hydrogen-bond donors (Lipinski definition) is 1. The summed E-state index contributed by atoms with van der Waals surface area (Å²) >= 11 is 6.55. The summed E-state index contributed by atoms with van der Waals surface area (Å²) < 4.78 is 1.66. The summed E-state index contributed by atoms with van der Waals surface area (Å²) in [5.74, 6) is 0.511. The molecule has 0 radical (unpaired) electrons. The average molecular weight is 360 g/mol. The molecule has 4 aromatic rings. The van der Waals surface area contributed by atoms with Gasteiger partial charge in [-0.05, 0) is 37.3 Å². The standard InChI is InChI=1S/C20H14ClN5/c1-13-16(19(21)26(25-13)15-7-3-2-4-8-15)11-14(12-22)20-23-17-9-5-6-10-18(17)24-20/h2-11H,1H3,(H,23,24). The molecule has 0 fully saturated rings. The van der Waals surface area contributed by atoms with Crippen molar-refractivity contribution in [1.29, 1.82) is 5.26 Å². The number of rotatable bonds is 3. The minimum Gasteiger partial charge on any atom is -0.337 e. The maximum absolute atomic E-state index is 9.62. The van der Waals surface area contributed by atoms with Crippen LogP contribution in [0.5, 0.6) is 0 Å². The molecule has 6 heteroatoms. The molecule has 2 heterocycles. The molecule has 0 saturated heterocycles. The van der Waals surface area contributed by atoms with E-state index in [0.29, 0.717) is 22.1 Å². The number of fused-ring (bicyclic) bond motifs is 1. The van der Waals surface area contributed by atoms with Gasteiger partial charge in [-0.15, -0.1) is 0 Å². The lowest BCUT2D eigenvalue weighted by Crippen LogP contribution is -1.95. The number of halogens is 1. The predicted molar refractivity (Wildman–Crippen MR) is 103 cm³/mol. The van der Waals surface area contributed by atoms with E-state index in [4.69, 9.17) is 11.6 Å². The maximum Gasteiger partial charge on any atom is 0.149 e. The minimum absolute atomic E-state index is 0.402. The molecule has 126 valence electrons. The summed E-state index contributed by atoms with van der Waals surface area (Å²) in [6.07, 6.45) is 1.72. The molecule has 0 saturated carbocycles. The number of para-hydroxylation sites is 3. The van der Waals surface area contributed by atoms with Crippen LogP contribution < -0.4 is 0 Å². The Labute approximate surface area is 155 Å². The van der Waals surface area contributed by atoms with Gasteiger partial charge in [0, 0.05) is 5.56 Å². The Bertz CT molecular complexity index is 1130. The van der Waals surface area contributed by atoms with Crippen LogP contribution in [0, 0.1) is 18.3 Å². The van der Waals surface area contributed by atoms with Crippen LogP contribution in [0.1, 0.15) is 17.1 Å². The zero-order chi connectivity index (χ0) is 18.1. The lowest BCUT2D eigenvalue weighted by molar-refractivity contribution is 0.863. The SMILES string of the molecule is Cc1nn(-c2ccccc2)c(Cl)c1C=C(C#N)c1nc2ccccc2[nH]1. The number of aromatic nitrogens is 4. The third-order valence-electron chi connectivity index (χ3n) is 4.10. The second kappa shape index (κ2) is 6.51. The lowest BCUT2D eigenvalue weighted by Gasteiger charge is -2.02. The van der Waals surface area contributed by atoms with Crippen molar-refractivity contribution in [2.24, 2.45) is 0 Å². The number of hydrogen-bond acceptors (Lipinski definition) is 3. The monoisotopic (exact) mass is 359 g/mol. The predicted octanol–water partition coefficient (Wildman–Crippen LogP) is 4.77. The van der Waals surface area contributed by atoms with E-state index in [1.54, 1.807) is 10.8 Å². The van der Waals surface area contributed by atoms with Crippen molar-refractivity contribution in [3.63, 3.8) is 0 Å². The molecule has 0 aliphatic rings. The first-order chi connectivity index (χ1) is 12.7. The van der Waals surface area contributed by atoms with Crippen LogP contribution in [-0.4, -0.2) is 19.7 Å². The van der Waals surface area contributed by atoms with Crippen molar-refractivity contribution in [3.8, 4) is 11.8 Å². The Morgan fingerprint density at radius 3 is 2.62 bits per heavy atom. The number of benzene rings is 2. The topological polar surface area (TPSA) is 70.3 Å². The molecule has 4 rings (SSSR count). The zero-order valence-electron chi connectivity index (χ0n) is 13.9. The van der Waals surface area contributed by atoms with E-state index in [-0.39, 0.29) is 0 Å². The average Bonchev–Trinajstić information content (AvgIpc) is 3.22. The summed E-state index contributed by atoms with van der Waals surface area (Å²) in [6, 6.07) is 19.5. The summed E-state index contributed by atoms with van der Waals surface area (Å²) in [5.41, 5.74) is 4.40. The van der Waals surface area contributed by atoms with E-state index >= 15 is 0 Å². The minimum atomic E-state index is 0.402. The molecule has 5 nitrogen and oxygen atoms in total. The Morgan fingerprint density at radius 1 is 1.15 bits per heavy atom. The molecule has 2 aromatic heterocycles. The molecular weight excluding hydrogens is 346 g/mol. The fourth-order valence-corrected chi connectivity index (χ4v) is 3.12.